The maximum Gasteiger partial charge on any atom is 0.239 e. The predicted octanol–water partition coefficient (Wildman–Crippen LogP) is 2.11. The van der Waals surface area contributed by atoms with Gasteiger partial charge in [-0.1, -0.05) is 0 Å². The van der Waals surface area contributed by atoms with Gasteiger partial charge in [0.1, 0.15) is 17.6 Å². The molecule has 0 atom stereocenters. The minimum atomic E-state index is -0.277. The minimum Gasteiger partial charge on any atom is -0.497 e. The van der Waals surface area contributed by atoms with Gasteiger partial charge in [-0.05, 0) is 69.6 Å². The summed E-state index contributed by atoms with van der Waals surface area (Å²) in [4.78, 5) is 26.1. The normalized spacial score (nSPS) is 14.9. The van der Waals surface area contributed by atoms with Crippen molar-refractivity contribution in [3.63, 3.8) is 0 Å². The van der Waals surface area contributed by atoms with Gasteiger partial charge in [0.2, 0.25) is 11.8 Å². The van der Waals surface area contributed by atoms with Crippen LogP contribution in [0.3, 0.4) is 0 Å². The van der Waals surface area contributed by atoms with Crippen LogP contribution in [0.1, 0.15) is 29.7 Å². The molecule has 1 fully saturated rings. The van der Waals surface area contributed by atoms with E-state index < -0.39 is 0 Å². The van der Waals surface area contributed by atoms with Gasteiger partial charge >= 0.3 is 0 Å². The maximum absolute atomic E-state index is 12.8. The molecule has 30 heavy (non-hydrogen) atoms. The van der Waals surface area contributed by atoms with Crippen LogP contribution < -0.4 is 15.8 Å². The number of carbonyl (C=O) groups is 2. The largest absolute Gasteiger partial charge is 0.497 e. The van der Waals surface area contributed by atoms with Crippen LogP contribution in [0.25, 0.3) is 5.69 Å². The van der Waals surface area contributed by atoms with E-state index in [0.717, 1.165) is 22.7 Å². The summed E-state index contributed by atoms with van der Waals surface area (Å²) in [5, 5.41) is 12.6. The van der Waals surface area contributed by atoms with Gasteiger partial charge in [0.15, 0.2) is 0 Å². The van der Waals surface area contributed by atoms with E-state index in [1.54, 1.807) is 7.11 Å². The predicted molar refractivity (Wildman–Crippen MR) is 113 cm³/mol. The number of hydrogen-bond acceptors (Lipinski definition) is 5. The molecule has 2 heterocycles. The van der Waals surface area contributed by atoms with Crippen molar-refractivity contribution in [2.45, 2.75) is 26.7 Å². The number of likely N-dealkylation sites (tertiary alicyclic amines) is 1. The number of aromatic nitrogens is 1. The van der Waals surface area contributed by atoms with Crippen LogP contribution in [0.5, 0.6) is 5.75 Å². The standard InChI is InChI=1S/C22H27N5O3/c1-14-15(2)27(17-4-6-18(30-3)7-5-17)22(19(14)12-23)25-20(28)13-26-10-8-16(9-11-26)21(24)29/h4-7,16H,8-11,13H2,1-3H3,(H2,24,29)(H,25,28). The van der Waals surface area contributed by atoms with E-state index in [2.05, 4.69) is 11.4 Å². The van der Waals surface area contributed by atoms with E-state index >= 15 is 0 Å². The molecule has 0 bridgehead atoms. The number of carbonyl (C=O) groups excluding carboxylic acids is 2. The lowest BCUT2D eigenvalue weighted by Crippen LogP contribution is -2.42. The van der Waals surface area contributed by atoms with Crippen LogP contribution in [-0.2, 0) is 9.59 Å². The summed E-state index contributed by atoms with van der Waals surface area (Å²) in [5.74, 6) is 0.602. The van der Waals surface area contributed by atoms with Crippen LogP contribution in [0.15, 0.2) is 24.3 Å². The number of methoxy groups -OCH3 is 1. The third-order valence-corrected chi connectivity index (χ3v) is 5.77. The molecule has 3 rings (SSSR count). The van der Waals surface area contributed by atoms with E-state index in [4.69, 9.17) is 10.5 Å². The summed E-state index contributed by atoms with van der Waals surface area (Å²) >= 11 is 0. The van der Waals surface area contributed by atoms with Crippen molar-refractivity contribution in [2.75, 3.05) is 32.1 Å². The van der Waals surface area contributed by atoms with Crippen LogP contribution in [0.2, 0.25) is 0 Å². The average Bonchev–Trinajstić information content (AvgIpc) is 2.97. The fraction of sp³-hybridized carbons (Fsp3) is 0.409. The Morgan fingerprint density at radius 1 is 1.23 bits per heavy atom. The van der Waals surface area contributed by atoms with Crippen molar-refractivity contribution in [1.29, 1.82) is 5.26 Å². The summed E-state index contributed by atoms with van der Waals surface area (Å²) in [7, 11) is 1.60. The molecule has 0 aliphatic carbocycles. The monoisotopic (exact) mass is 409 g/mol. The van der Waals surface area contributed by atoms with Gasteiger partial charge in [0.25, 0.3) is 0 Å². The molecule has 0 spiro atoms. The van der Waals surface area contributed by atoms with Crippen molar-refractivity contribution in [1.82, 2.24) is 9.47 Å². The minimum absolute atomic E-state index is 0.118. The Balaban J connectivity index is 1.81. The summed E-state index contributed by atoms with van der Waals surface area (Å²) in [6, 6.07) is 9.67. The van der Waals surface area contributed by atoms with Crippen molar-refractivity contribution in [3.8, 4) is 17.5 Å². The molecule has 1 aliphatic rings. The Kier molecular flexibility index (Phi) is 6.43. The van der Waals surface area contributed by atoms with Gasteiger partial charge in [0.05, 0.1) is 19.2 Å². The molecule has 3 N–H and O–H groups in total. The second-order valence-corrected chi connectivity index (χ2v) is 7.58. The van der Waals surface area contributed by atoms with Crippen molar-refractivity contribution in [2.24, 2.45) is 11.7 Å². The molecule has 1 aromatic carbocycles. The van der Waals surface area contributed by atoms with Crippen LogP contribution in [-0.4, -0.2) is 48.0 Å². The summed E-state index contributed by atoms with van der Waals surface area (Å²) in [6.07, 6.45) is 1.32. The third-order valence-electron chi connectivity index (χ3n) is 5.77. The highest BCUT2D eigenvalue weighted by atomic mass is 16.5. The topological polar surface area (TPSA) is 113 Å². The van der Waals surface area contributed by atoms with Crippen LogP contribution in [0, 0.1) is 31.1 Å². The first kappa shape index (κ1) is 21.4. The summed E-state index contributed by atoms with van der Waals surface area (Å²) < 4.78 is 7.10. The maximum atomic E-state index is 12.8. The molecule has 8 heteroatoms. The number of primary amides is 1. The number of ether oxygens (including phenoxy) is 1. The molecule has 0 unspecified atom stereocenters. The molecular weight excluding hydrogens is 382 g/mol. The molecule has 0 radical (unpaired) electrons. The van der Waals surface area contributed by atoms with Crippen molar-refractivity contribution >= 4 is 17.6 Å². The van der Waals surface area contributed by atoms with Crippen LogP contribution >= 0.6 is 0 Å². The molecule has 2 amide bonds. The Morgan fingerprint density at radius 3 is 2.40 bits per heavy atom. The second-order valence-electron chi connectivity index (χ2n) is 7.58. The first-order valence-electron chi connectivity index (χ1n) is 9.93. The zero-order chi connectivity index (χ0) is 21.8. The molecule has 1 saturated heterocycles. The molecule has 0 saturated carbocycles. The summed E-state index contributed by atoms with van der Waals surface area (Å²) in [5.41, 5.74) is 8.36. The Hall–Kier alpha value is -3.31. The van der Waals surface area contributed by atoms with Gasteiger partial charge in [-0.3, -0.25) is 19.1 Å². The first-order chi connectivity index (χ1) is 14.3. The zero-order valence-corrected chi connectivity index (χ0v) is 17.6. The van der Waals surface area contributed by atoms with Crippen LogP contribution in [0.4, 0.5) is 5.82 Å². The number of nitrogens with one attached hydrogen (secondary N) is 1. The number of nitrogens with two attached hydrogens (primary N) is 1. The van der Waals surface area contributed by atoms with E-state index in [9.17, 15) is 14.9 Å². The first-order valence-corrected chi connectivity index (χ1v) is 9.93. The van der Waals surface area contributed by atoms with Gasteiger partial charge in [0, 0.05) is 17.3 Å². The average molecular weight is 409 g/mol. The Bertz CT molecular complexity index is 980. The lowest BCUT2D eigenvalue weighted by molar-refractivity contribution is -0.123. The number of hydrogen-bond donors (Lipinski definition) is 2. The number of nitriles is 1. The molecule has 1 aliphatic heterocycles. The fourth-order valence-corrected chi connectivity index (χ4v) is 3.87. The highest BCUT2D eigenvalue weighted by molar-refractivity contribution is 5.93. The Morgan fingerprint density at radius 2 is 1.87 bits per heavy atom. The van der Waals surface area contributed by atoms with E-state index in [-0.39, 0.29) is 24.3 Å². The number of piperidine rings is 1. The Labute approximate surface area is 176 Å². The van der Waals surface area contributed by atoms with E-state index in [1.807, 2.05) is 47.6 Å². The summed E-state index contributed by atoms with van der Waals surface area (Å²) in [6.45, 7) is 5.28. The SMILES string of the molecule is COc1ccc(-n2c(C)c(C)c(C#N)c2NC(=O)CN2CCC(C(N)=O)CC2)cc1. The molecule has 158 valence electrons. The lowest BCUT2D eigenvalue weighted by atomic mass is 9.96. The van der Waals surface area contributed by atoms with Gasteiger partial charge in [-0.15, -0.1) is 0 Å². The van der Waals surface area contributed by atoms with E-state index in [0.29, 0.717) is 37.3 Å². The zero-order valence-electron chi connectivity index (χ0n) is 17.6. The molecule has 1 aromatic heterocycles. The van der Waals surface area contributed by atoms with Gasteiger partial charge in [-0.2, -0.15) is 5.26 Å². The number of nitrogens with zero attached hydrogens (tertiary/aromatic N) is 3. The van der Waals surface area contributed by atoms with Crippen molar-refractivity contribution < 1.29 is 14.3 Å². The second kappa shape index (κ2) is 9.01. The molecule has 8 nitrogen and oxygen atoms in total. The highest BCUT2D eigenvalue weighted by Crippen LogP contribution is 2.30. The number of amides is 2. The lowest BCUT2D eigenvalue weighted by Gasteiger charge is -2.29. The molecular formula is C22H27N5O3. The number of anilines is 1. The van der Waals surface area contributed by atoms with Crippen molar-refractivity contribution in [3.05, 3.63) is 41.1 Å². The molecule has 2 aromatic rings. The highest BCUT2D eigenvalue weighted by Gasteiger charge is 2.26. The third kappa shape index (κ3) is 4.31. The van der Waals surface area contributed by atoms with E-state index in [1.165, 1.54) is 0 Å². The van der Waals surface area contributed by atoms with Gasteiger partial charge < -0.3 is 15.8 Å². The number of benzene rings is 1. The fourth-order valence-electron chi connectivity index (χ4n) is 3.87. The smallest absolute Gasteiger partial charge is 0.239 e. The number of rotatable bonds is 6. The van der Waals surface area contributed by atoms with Gasteiger partial charge in [-0.25, -0.2) is 0 Å². The quantitative estimate of drug-likeness (QED) is 0.759.